The van der Waals surface area contributed by atoms with Crippen LogP contribution < -0.4 is 10.2 Å². The number of nitrogens with zero attached hydrogens (tertiary/aromatic N) is 4. The first-order valence-corrected chi connectivity index (χ1v) is 11.4. The van der Waals surface area contributed by atoms with Gasteiger partial charge in [0.1, 0.15) is 10.9 Å². The molecule has 6 nitrogen and oxygen atoms in total. The predicted octanol–water partition coefficient (Wildman–Crippen LogP) is 7.00. The standard InChI is InChI=1S/C26H19Cl2N5O/c1-2-34-20-10-8-17-12-18(25(28)30-23(17)14-20)15-29-33-26-31-22-11-9-19(27)13-21(22)24(32-26)16-6-4-3-5-7-16/h3-15H,2H2,1H3,(H,31,32,33)/b29-15+. The Labute approximate surface area is 206 Å². The van der Waals surface area contributed by atoms with Crippen molar-refractivity contribution >= 4 is 57.2 Å². The maximum absolute atomic E-state index is 6.40. The van der Waals surface area contributed by atoms with Gasteiger partial charge in [-0.3, -0.25) is 0 Å². The number of benzene rings is 3. The molecule has 0 fully saturated rings. The van der Waals surface area contributed by atoms with Crippen LogP contribution in [0.25, 0.3) is 33.1 Å². The summed E-state index contributed by atoms with van der Waals surface area (Å²) >= 11 is 12.6. The normalized spacial score (nSPS) is 11.4. The maximum atomic E-state index is 6.40. The fraction of sp³-hybridized carbons (Fsp3) is 0.0769. The molecule has 3 aromatic carbocycles. The number of hydrogen-bond donors (Lipinski definition) is 1. The molecule has 8 heteroatoms. The van der Waals surface area contributed by atoms with Gasteiger partial charge in [-0.05, 0) is 43.3 Å². The third-order valence-corrected chi connectivity index (χ3v) is 5.69. The number of hydrazone groups is 1. The van der Waals surface area contributed by atoms with Gasteiger partial charge in [0.05, 0.1) is 29.5 Å². The molecule has 168 valence electrons. The van der Waals surface area contributed by atoms with Gasteiger partial charge in [0.2, 0.25) is 5.95 Å². The molecule has 0 aliphatic carbocycles. The molecule has 34 heavy (non-hydrogen) atoms. The second kappa shape index (κ2) is 9.63. The molecule has 0 aliphatic rings. The lowest BCUT2D eigenvalue weighted by Crippen LogP contribution is -2.00. The molecule has 0 bridgehead atoms. The van der Waals surface area contributed by atoms with Crippen molar-refractivity contribution in [1.29, 1.82) is 0 Å². The minimum atomic E-state index is 0.339. The number of ether oxygens (including phenoxy) is 1. The van der Waals surface area contributed by atoms with Crippen molar-refractivity contribution in [2.24, 2.45) is 5.10 Å². The average Bonchev–Trinajstić information content (AvgIpc) is 2.85. The average molecular weight is 488 g/mol. The Kier molecular flexibility index (Phi) is 6.25. The Balaban J connectivity index is 1.46. The summed E-state index contributed by atoms with van der Waals surface area (Å²) in [6.45, 7) is 2.53. The molecule has 1 N–H and O–H groups in total. The smallest absolute Gasteiger partial charge is 0.244 e. The van der Waals surface area contributed by atoms with E-state index >= 15 is 0 Å². The van der Waals surface area contributed by atoms with E-state index in [1.54, 1.807) is 12.3 Å². The topological polar surface area (TPSA) is 72.3 Å². The van der Waals surface area contributed by atoms with Gasteiger partial charge in [0.25, 0.3) is 0 Å². The van der Waals surface area contributed by atoms with Crippen LogP contribution in [0.4, 0.5) is 5.95 Å². The van der Waals surface area contributed by atoms with Crippen LogP contribution in [0.15, 0.2) is 77.9 Å². The number of hydrogen-bond acceptors (Lipinski definition) is 6. The highest BCUT2D eigenvalue weighted by atomic mass is 35.5. The molecule has 0 amide bonds. The zero-order valence-corrected chi connectivity index (χ0v) is 19.7. The third-order valence-electron chi connectivity index (χ3n) is 5.15. The molecule has 0 radical (unpaired) electrons. The van der Waals surface area contributed by atoms with Gasteiger partial charge < -0.3 is 4.74 Å². The molecule has 2 heterocycles. The largest absolute Gasteiger partial charge is 0.494 e. The summed E-state index contributed by atoms with van der Waals surface area (Å²) in [6.07, 6.45) is 1.60. The van der Waals surface area contributed by atoms with Crippen LogP contribution in [0.5, 0.6) is 5.75 Å². The van der Waals surface area contributed by atoms with Crippen LogP contribution >= 0.6 is 23.2 Å². The molecule has 0 saturated heterocycles. The van der Waals surface area contributed by atoms with E-state index in [-0.39, 0.29) is 0 Å². The SMILES string of the molecule is CCOc1ccc2cc(/C=N/Nc3nc(-c4ccccc4)c4cc(Cl)ccc4n3)c(Cl)nc2c1. The number of anilines is 1. The minimum Gasteiger partial charge on any atom is -0.494 e. The first kappa shape index (κ1) is 22.1. The van der Waals surface area contributed by atoms with Gasteiger partial charge in [0.15, 0.2) is 0 Å². The lowest BCUT2D eigenvalue weighted by molar-refractivity contribution is 0.340. The Bertz CT molecular complexity index is 1520. The van der Waals surface area contributed by atoms with Gasteiger partial charge in [-0.25, -0.2) is 20.4 Å². The molecule has 5 rings (SSSR count). The second-order valence-corrected chi connectivity index (χ2v) is 8.24. The monoisotopic (exact) mass is 487 g/mol. The van der Waals surface area contributed by atoms with E-state index in [0.29, 0.717) is 28.3 Å². The van der Waals surface area contributed by atoms with E-state index in [1.807, 2.05) is 73.7 Å². The molecule has 0 spiro atoms. The van der Waals surface area contributed by atoms with Crippen molar-refractivity contribution in [3.05, 3.63) is 88.5 Å². The first-order chi connectivity index (χ1) is 16.6. The van der Waals surface area contributed by atoms with Crippen LogP contribution in [-0.2, 0) is 0 Å². The summed E-state index contributed by atoms with van der Waals surface area (Å²) in [5.41, 5.74) is 6.82. The highest BCUT2D eigenvalue weighted by molar-refractivity contribution is 6.32. The van der Waals surface area contributed by atoms with Crippen LogP contribution in [-0.4, -0.2) is 27.8 Å². The quantitative estimate of drug-likeness (QED) is 0.158. The van der Waals surface area contributed by atoms with Crippen molar-refractivity contribution in [3.8, 4) is 17.0 Å². The summed E-state index contributed by atoms with van der Waals surface area (Å²) in [5, 5.41) is 7.07. The Morgan fingerprint density at radius 2 is 1.76 bits per heavy atom. The highest BCUT2D eigenvalue weighted by Gasteiger charge is 2.11. The Morgan fingerprint density at radius 3 is 2.59 bits per heavy atom. The van der Waals surface area contributed by atoms with E-state index in [0.717, 1.165) is 38.8 Å². The molecule has 2 aromatic heterocycles. The van der Waals surface area contributed by atoms with Crippen LogP contribution in [0.2, 0.25) is 10.2 Å². The summed E-state index contributed by atoms with van der Waals surface area (Å²) in [4.78, 5) is 13.7. The molecule has 0 atom stereocenters. The second-order valence-electron chi connectivity index (χ2n) is 7.45. The van der Waals surface area contributed by atoms with Crippen molar-refractivity contribution in [3.63, 3.8) is 0 Å². The maximum Gasteiger partial charge on any atom is 0.244 e. The number of halogens is 2. The molecular formula is C26H19Cl2N5O. The predicted molar refractivity (Wildman–Crippen MR) is 139 cm³/mol. The van der Waals surface area contributed by atoms with Crippen molar-refractivity contribution in [2.75, 3.05) is 12.0 Å². The summed E-state index contributed by atoms with van der Waals surface area (Å²) in [5.74, 6) is 1.11. The van der Waals surface area contributed by atoms with Crippen molar-refractivity contribution in [2.45, 2.75) is 6.92 Å². The summed E-state index contributed by atoms with van der Waals surface area (Å²) in [6, 6.07) is 23.0. The van der Waals surface area contributed by atoms with Gasteiger partial charge in [-0.2, -0.15) is 5.10 Å². The zero-order chi connectivity index (χ0) is 23.5. The van der Waals surface area contributed by atoms with E-state index in [4.69, 9.17) is 27.9 Å². The zero-order valence-electron chi connectivity index (χ0n) is 18.2. The Morgan fingerprint density at radius 1 is 0.912 bits per heavy atom. The lowest BCUT2D eigenvalue weighted by Gasteiger charge is -2.09. The molecule has 0 aliphatic heterocycles. The van der Waals surface area contributed by atoms with E-state index in [1.165, 1.54) is 0 Å². The first-order valence-electron chi connectivity index (χ1n) is 10.7. The number of pyridine rings is 1. The molecule has 0 unspecified atom stereocenters. The van der Waals surface area contributed by atoms with Crippen LogP contribution in [0.1, 0.15) is 12.5 Å². The number of rotatable bonds is 6. The van der Waals surface area contributed by atoms with E-state index in [9.17, 15) is 0 Å². The fourth-order valence-corrected chi connectivity index (χ4v) is 3.98. The van der Waals surface area contributed by atoms with Gasteiger partial charge in [0, 0.05) is 33.0 Å². The number of aromatic nitrogens is 3. The third kappa shape index (κ3) is 4.64. The number of nitrogens with one attached hydrogen (secondary N) is 1. The van der Waals surface area contributed by atoms with Crippen LogP contribution in [0, 0.1) is 0 Å². The summed E-state index contributed by atoms with van der Waals surface area (Å²) < 4.78 is 5.54. The number of fused-ring (bicyclic) bond motifs is 2. The van der Waals surface area contributed by atoms with Gasteiger partial charge in [-0.15, -0.1) is 0 Å². The molecular weight excluding hydrogens is 469 g/mol. The Hall–Kier alpha value is -3.74. The minimum absolute atomic E-state index is 0.339. The van der Waals surface area contributed by atoms with E-state index < -0.39 is 0 Å². The van der Waals surface area contributed by atoms with Crippen LogP contribution in [0.3, 0.4) is 0 Å². The van der Waals surface area contributed by atoms with E-state index in [2.05, 4.69) is 25.5 Å². The fourth-order valence-electron chi connectivity index (χ4n) is 3.61. The van der Waals surface area contributed by atoms with Crippen molar-refractivity contribution in [1.82, 2.24) is 15.0 Å². The molecule has 0 saturated carbocycles. The van der Waals surface area contributed by atoms with Gasteiger partial charge >= 0.3 is 0 Å². The highest BCUT2D eigenvalue weighted by Crippen LogP contribution is 2.29. The molecule has 5 aromatic rings. The van der Waals surface area contributed by atoms with Crippen molar-refractivity contribution < 1.29 is 4.74 Å². The lowest BCUT2D eigenvalue weighted by atomic mass is 10.1. The summed E-state index contributed by atoms with van der Waals surface area (Å²) in [7, 11) is 0. The van der Waals surface area contributed by atoms with Gasteiger partial charge in [-0.1, -0.05) is 53.5 Å².